The van der Waals surface area contributed by atoms with E-state index >= 15 is 0 Å². The standard InChI is InChI=1S/C12H16N2O4S/c1-13-11(15)8-14(2)12(16)9-6-4-5-7-10(9)19(3,17)18/h4-7H,8H2,1-3H3,(H,13,15). The van der Waals surface area contributed by atoms with Crippen molar-refractivity contribution in [2.75, 3.05) is 26.9 Å². The van der Waals surface area contributed by atoms with E-state index in [0.717, 1.165) is 6.26 Å². The van der Waals surface area contributed by atoms with E-state index in [0.29, 0.717) is 0 Å². The van der Waals surface area contributed by atoms with E-state index in [2.05, 4.69) is 5.32 Å². The maximum absolute atomic E-state index is 12.1. The Balaban J connectivity index is 3.10. The zero-order valence-electron chi connectivity index (χ0n) is 11.0. The second-order valence-electron chi connectivity index (χ2n) is 4.10. The lowest BCUT2D eigenvalue weighted by Gasteiger charge is -2.17. The fourth-order valence-corrected chi connectivity index (χ4v) is 2.42. The van der Waals surface area contributed by atoms with Crippen molar-refractivity contribution in [3.63, 3.8) is 0 Å². The van der Waals surface area contributed by atoms with E-state index < -0.39 is 15.7 Å². The summed E-state index contributed by atoms with van der Waals surface area (Å²) in [6.07, 6.45) is 1.04. The van der Waals surface area contributed by atoms with Gasteiger partial charge in [-0.05, 0) is 12.1 Å². The van der Waals surface area contributed by atoms with Crippen LogP contribution in [-0.4, -0.2) is 52.0 Å². The second kappa shape index (κ2) is 5.83. The zero-order chi connectivity index (χ0) is 14.6. The van der Waals surface area contributed by atoms with Gasteiger partial charge in [0.25, 0.3) is 5.91 Å². The van der Waals surface area contributed by atoms with Gasteiger partial charge in [-0.2, -0.15) is 0 Å². The van der Waals surface area contributed by atoms with Crippen LogP contribution in [0, 0.1) is 0 Å². The minimum atomic E-state index is -3.49. The molecule has 0 aromatic heterocycles. The van der Waals surface area contributed by atoms with Gasteiger partial charge in [-0.3, -0.25) is 9.59 Å². The monoisotopic (exact) mass is 284 g/mol. The summed E-state index contributed by atoms with van der Waals surface area (Å²) < 4.78 is 23.2. The zero-order valence-corrected chi connectivity index (χ0v) is 11.8. The van der Waals surface area contributed by atoms with Crippen molar-refractivity contribution in [1.29, 1.82) is 0 Å². The third-order valence-corrected chi connectivity index (χ3v) is 3.68. The number of hydrogen-bond acceptors (Lipinski definition) is 4. The second-order valence-corrected chi connectivity index (χ2v) is 6.09. The summed E-state index contributed by atoms with van der Waals surface area (Å²) in [7, 11) is -0.590. The number of carbonyl (C=O) groups is 2. The van der Waals surface area contributed by atoms with Gasteiger partial charge in [-0.25, -0.2) is 8.42 Å². The van der Waals surface area contributed by atoms with Gasteiger partial charge in [0.05, 0.1) is 17.0 Å². The van der Waals surface area contributed by atoms with Crippen LogP contribution in [-0.2, 0) is 14.6 Å². The van der Waals surface area contributed by atoms with Crippen molar-refractivity contribution in [2.45, 2.75) is 4.90 Å². The van der Waals surface area contributed by atoms with Crippen LogP contribution in [0.5, 0.6) is 0 Å². The van der Waals surface area contributed by atoms with Gasteiger partial charge in [0.1, 0.15) is 0 Å². The number of hydrogen-bond donors (Lipinski definition) is 1. The van der Waals surface area contributed by atoms with E-state index in [4.69, 9.17) is 0 Å². The molecule has 0 heterocycles. The summed E-state index contributed by atoms with van der Waals surface area (Å²) in [4.78, 5) is 24.5. The van der Waals surface area contributed by atoms with Crippen LogP contribution in [0.25, 0.3) is 0 Å². The van der Waals surface area contributed by atoms with Gasteiger partial charge in [-0.1, -0.05) is 12.1 Å². The average Bonchev–Trinajstić information content (AvgIpc) is 2.36. The summed E-state index contributed by atoms with van der Waals surface area (Å²) in [5, 5.41) is 2.40. The Morgan fingerprint density at radius 1 is 1.26 bits per heavy atom. The van der Waals surface area contributed by atoms with Crippen LogP contribution in [0.15, 0.2) is 29.2 Å². The van der Waals surface area contributed by atoms with E-state index in [1.807, 2.05) is 0 Å². The number of likely N-dealkylation sites (N-methyl/N-ethyl adjacent to an activating group) is 2. The molecule has 0 aliphatic carbocycles. The third kappa shape index (κ3) is 3.78. The fourth-order valence-electron chi connectivity index (χ4n) is 1.54. The van der Waals surface area contributed by atoms with Crippen LogP contribution < -0.4 is 5.32 Å². The molecular formula is C12H16N2O4S. The highest BCUT2D eigenvalue weighted by Gasteiger charge is 2.21. The molecular weight excluding hydrogens is 268 g/mol. The molecule has 1 rings (SSSR count). The van der Waals surface area contributed by atoms with Gasteiger partial charge in [-0.15, -0.1) is 0 Å². The maximum Gasteiger partial charge on any atom is 0.255 e. The summed E-state index contributed by atoms with van der Waals surface area (Å²) in [5.74, 6) is -0.836. The molecule has 6 nitrogen and oxygen atoms in total. The molecule has 0 saturated heterocycles. The normalized spacial score (nSPS) is 10.9. The SMILES string of the molecule is CNC(=O)CN(C)C(=O)c1ccccc1S(C)(=O)=O. The first-order valence-electron chi connectivity index (χ1n) is 5.52. The quantitative estimate of drug-likeness (QED) is 0.837. The molecule has 0 aliphatic heterocycles. The summed E-state index contributed by atoms with van der Waals surface area (Å²) in [5.41, 5.74) is 0.0661. The molecule has 1 aromatic carbocycles. The predicted molar refractivity (Wildman–Crippen MR) is 70.6 cm³/mol. The molecule has 0 radical (unpaired) electrons. The van der Waals surface area contributed by atoms with E-state index in [-0.39, 0.29) is 22.9 Å². The van der Waals surface area contributed by atoms with Gasteiger partial charge < -0.3 is 10.2 Å². The number of sulfone groups is 1. The molecule has 0 bridgehead atoms. The molecule has 7 heteroatoms. The van der Waals surface area contributed by atoms with Crippen molar-refractivity contribution in [3.8, 4) is 0 Å². The molecule has 2 amide bonds. The topological polar surface area (TPSA) is 83.6 Å². The first kappa shape index (κ1) is 15.2. The van der Waals surface area contributed by atoms with Crippen LogP contribution in [0.1, 0.15) is 10.4 Å². The minimum absolute atomic E-state index is 0.0382. The highest BCUT2D eigenvalue weighted by atomic mass is 32.2. The van der Waals surface area contributed by atoms with Gasteiger partial charge in [0.15, 0.2) is 9.84 Å². The number of rotatable bonds is 4. The number of nitrogens with zero attached hydrogens (tertiary/aromatic N) is 1. The van der Waals surface area contributed by atoms with Crippen molar-refractivity contribution >= 4 is 21.7 Å². The Bertz CT molecular complexity index is 596. The smallest absolute Gasteiger partial charge is 0.255 e. The maximum atomic E-state index is 12.1. The summed E-state index contributed by atoms with van der Waals surface area (Å²) in [6.45, 7) is -0.132. The van der Waals surface area contributed by atoms with Gasteiger partial charge in [0.2, 0.25) is 5.91 Å². The molecule has 104 valence electrons. The Morgan fingerprint density at radius 2 is 1.84 bits per heavy atom. The lowest BCUT2D eigenvalue weighted by molar-refractivity contribution is -0.121. The first-order valence-corrected chi connectivity index (χ1v) is 7.41. The average molecular weight is 284 g/mol. The molecule has 0 aliphatic rings. The van der Waals surface area contributed by atoms with Gasteiger partial charge >= 0.3 is 0 Å². The van der Waals surface area contributed by atoms with Crippen molar-refractivity contribution < 1.29 is 18.0 Å². The minimum Gasteiger partial charge on any atom is -0.358 e. The van der Waals surface area contributed by atoms with Crippen molar-refractivity contribution in [3.05, 3.63) is 29.8 Å². The number of carbonyl (C=O) groups excluding carboxylic acids is 2. The third-order valence-electron chi connectivity index (χ3n) is 2.52. The number of nitrogens with one attached hydrogen (secondary N) is 1. The van der Waals surface area contributed by atoms with Crippen LogP contribution in [0.2, 0.25) is 0 Å². The molecule has 19 heavy (non-hydrogen) atoms. The largest absolute Gasteiger partial charge is 0.358 e. The van der Waals surface area contributed by atoms with Crippen LogP contribution in [0.4, 0.5) is 0 Å². The van der Waals surface area contributed by atoms with Crippen LogP contribution >= 0.6 is 0 Å². The van der Waals surface area contributed by atoms with Crippen molar-refractivity contribution in [1.82, 2.24) is 10.2 Å². The number of benzene rings is 1. The first-order chi connectivity index (χ1) is 8.77. The Hall–Kier alpha value is -1.89. The van der Waals surface area contributed by atoms with E-state index in [9.17, 15) is 18.0 Å². The van der Waals surface area contributed by atoms with Crippen LogP contribution in [0.3, 0.4) is 0 Å². The molecule has 0 unspecified atom stereocenters. The molecule has 0 spiro atoms. The molecule has 0 atom stereocenters. The number of amides is 2. The van der Waals surface area contributed by atoms with Crippen molar-refractivity contribution in [2.24, 2.45) is 0 Å². The summed E-state index contributed by atoms with van der Waals surface area (Å²) in [6, 6.07) is 5.93. The Labute approximate surface area is 112 Å². The Morgan fingerprint density at radius 3 is 2.37 bits per heavy atom. The fraction of sp³-hybridized carbons (Fsp3) is 0.333. The lowest BCUT2D eigenvalue weighted by atomic mass is 10.2. The lowest BCUT2D eigenvalue weighted by Crippen LogP contribution is -2.37. The molecule has 1 N–H and O–H groups in total. The van der Waals surface area contributed by atoms with Gasteiger partial charge in [0, 0.05) is 20.4 Å². The highest BCUT2D eigenvalue weighted by molar-refractivity contribution is 7.90. The highest BCUT2D eigenvalue weighted by Crippen LogP contribution is 2.16. The molecule has 0 fully saturated rings. The summed E-state index contributed by atoms with van der Waals surface area (Å²) >= 11 is 0. The Kier molecular flexibility index (Phi) is 4.66. The predicted octanol–water partition coefficient (Wildman–Crippen LogP) is -0.0919. The molecule has 1 aromatic rings. The van der Waals surface area contributed by atoms with E-state index in [1.54, 1.807) is 12.1 Å². The molecule has 0 saturated carbocycles. The van der Waals surface area contributed by atoms with E-state index in [1.165, 1.54) is 31.1 Å².